The van der Waals surface area contributed by atoms with E-state index in [0.29, 0.717) is 18.5 Å². The normalized spacial score (nSPS) is 10.8. The molecule has 1 aromatic heterocycles. The van der Waals surface area contributed by atoms with E-state index in [1.165, 1.54) is 6.07 Å². The average Bonchev–Trinajstić information content (AvgIpc) is 2.25. The van der Waals surface area contributed by atoms with Crippen LogP contribution in [0.15, 0.2) is 23.0 Å². The molecule has 0 aliphatic heterocycles. The van der Waals surface area contributed by atoms with Crippen LogP contribution in [-0.4, -0.2) is 21.6 Å². The van der Waals surface area contributed by atoms with Crippen LogP contribution < -0.4 is 11.4 Å². The predicted molar refractivity (Wildman–Crippen MR) is 61.4 cm³/mol. The molecule has 0 amide bonds. The number of aromatic nitrogens is 2. The van der Waals surface area contributed by atoms with Crippen molar-refractivity contribution in [3.8, 4) is 5.75 Å². The van der Waals surface area contributed by atoms with Crippen molar-refractivity contribution in [1.82, 2.24) is 9.97 Å². The molecule has 4 N–H and O–H groups in total. The molecule has 0 radical (unpaired) electrons. The van der Waals surface area contributed by atoms with E-state index in [-0.39, 0.29) is 5.75 Å². The highest BCUT2D eigenvalue weighted by atomic mass is 16.3. The minimum absolute atomic E-state index is 0.107. The molecule has 0 aliphatic carbocycles. The van der Waals surface area contributed by atoms with Crippen LogP contribution in [-0.2, 0) is 6.42 Å². The van der Waals surface area contributed by atoms with E-state index < -0.39 is 5.69 Å². The summed E-state index contributed by atoms with van der Waals surface area (Å²) in [6, 6.07) is 4.81. The Balaban J connectivity index is 2.58. The Hall–Kier alpha value is -1.88. The quantitative estimate of drug-likeness (QED) is 0.701. The van der Waals surface area contributed by atoms with Gasteiger partial charge in [0.1, 0.15) is 5.75 Å². The largest absolute Gasteiger partial charge is 0.508 e. The number of phenols is 1. The van der Waals surface area contributed by atoms with E-state index in [4.69, 9.17) is 5.73 Å². The van der Waals surface area contributed by atoms with Crippen molar-refractivity contribution in [2.75, 3.05) is 6.54 Å². The third-order valence-electron chi connectivity index (χ3n) is 2.42. The van der Waals surface area contributed by atoms with E-state index >= 15 is 0 Å². The number of nitrogens with two attached hydrogens (primary N) is 1. The maximum atomic E-state index is 11.3. The van der Waals surface area contributed by atoms with Crippen LogP contribution in [0.2, 0.25) is 0 Å². The van der Waals surface area contributed by atoms with Gasteiger partial charge in [-0.25, -0.2) is 4.79 Å². The van der Waals surface area contributed by atoms with E-state index in [0.717, 1.165) is 17.5 Å². The molecule has 0 saturated heterocycles. The van der Waals surface area contributed by atoms with Gasteiger partial charge in [0.25, 0.3) is 0 Å². The van der Waals surface area contributed by atoms with Gasteiger partial charge in [0.2, 0.25) is 0 Å². The summed E-state index contributed by atoms with van der Waals surface area (Å²) < 4.78 is 0. The second-order valence-electron chi connectivity index (χ2n) is 3.61. The van der Waals surface area contributed by atoms with E-state index in [2.05, 4.69) is 9.97 Å². The van der Waals surface area contributed by atoms with Gasteiger partial charge in [-0.1, -0.05) is 0 Å². The van der Waals surface area contributed by atoms with Crippen molar-refractivity contribution < 1.29 is 5.11 Å². The first-order valence-electron chi connectivity index (χ1n) is 5.12. The van der Waals surface area contributed by atoms with Crippen molar-refractivity contribution >= 4 is 10.9 Å². The van der Waals surface area contributed by atoms with Crippen molar-refractivity contribution in [2.45, 2.75) is 12.8 Å². The standard InChI is InChI=1S/C11H13N3O2/c12-5-1-2-9-8-4-3-7(15)6-10(8)14-11(16)13-9/h3-4,6,15H,1-2,5,12H2,(H,13,14,16). The monoisotopic (exact) mass is 219 g/mol. The van der Waals surface area contributed by atoms with Crippen molar-refractivity contribution in [3.05, 3.63) is 34.4 Å². The van der Waals surface area contributed by atoms with E-state index in [9.17, 15) is 9.90 Å². The van der Waals surface area contributed by atoms with Crippen LogP contribution in [0.1, 0.15) is 12.1 Å². The van der Waals surface area contributed by atoms with Crippen molar-refractivity contribution in [3.63, 3.8) is 0 Å². The van der Waals surface area contributed by atoms with Crippen LogP contribution >= 0.6 is 0 Å². The highest BCUT2D eigenvalue weighted by molar-refractivity contribution is 5.81. The van der Waals surface area contributed by atoms with Gasteiger partial charge in [-0.15, -0.1) is 0 Å². The molecule has 0 aliphatic rings. The number of aryl methyl sites for hydroxylation is 1. The fraction of sp³-hybridized carbons (Fsp3) is 0.273. The van der Waals surface area contributed by atoms with Gasteiger partial charge in [0.05, 0.1) is 5.52 Å². The highest BCUT2D eigenvalue weighted by Gasteiger charge is 2.04. The lowest BCUT2D eigenvalue weighted by Gasteiger charge is -2.05. The summed E-state index contributed by atoms with van der Waals surface area (Å²) in [4.78, 5) is 17.8. The number of hydrogen-bond donors (Lipinski definition) is 3. The Morgan fingerprint density at radius 2 is 2.25 bits per heavy atom. The van der Waals surface area contributed by atoms with Crippen LogP contribution in [0.25, 0.3) is 10.9 Å². The molecule has 5 heteroatoms. The first-order chi connectivity index (χ1) is 7.70. The SMILES string of the molecule is NCCCc1[nH]c(=O)nc2cc(O)ccc12. The summed E-state index contributed by atoms with van der Waals surface area (Å²) >= 11 is 0. The molecule has 2 aromatic rings. The van der Waals surface area contributed by atoms with Gasteiger partial charge in [-0.05, 0) is 31.5 Å². The smallest absolute Gasteiger partial charge is 0.345 e. The maximum Gasteiger partial charge on any atom is 0.345 e. The molecule has 0 unspecified atom stereocenters. The molecule has 1 aromatic carbocycles. The number of aromatic hydroxyl groups is 1. The Bertz CT molecular complexity index is 563. The van der Waals surface area contributed by atoms with Crippen molar-refractivity contribution in [1.29, 1.82) is 0 Å². The predicted octanol–water partition coefficient (Wildman–Crippen LogP) is 0.520. The van der Waals surface area contributed by atoms with Gasteiger partial charge in [0, 0.05) is 17.1 Å². The van der Waals surface area contributed by atoms with Gasteiger partial charge >= 0.3 is 5.69 Å². The molecule has 0 atom stereocenters. The summed E-state index contributed by atoms with van der Waals surface area (Å²) in [5.41, 5.74) is 6.37. The first kappa shape index (κ1) is 10.6. The summed E-state index contributed by atoms with van der Waals surface area (Å²) in [6.45, 7) is 0.573. The lowest BCUT2D eigenvalue weighted by atomic mass is 10.1. The lowest BCUT2D eigenvalue weighted by Crippen LogP contribution is -2.14. The first-order valence-corrected chi connectivity index (χ1v) is 5.12. The fourth-order valence-corrected chi connectivity index (χ4v) is 1.68. The number of rotatable bonds is 3. The molecule has 84 valence electrons. The molecule has 0 bridgehead atoms. The zero-order valence-corrected chi connectivity index (χ0v) is 8.73. The van der Waals surface area contributed by atoms with Gasteiger partial charge in [-0.3, -0.25) is 0 Å². The fourth-order valence-electron chi connectivity index (χ4n) is 1.68. The molecular weight excluding hydrogens is 206 g/mol. The summed E-state index contributed by atoms with van der Waals surface area (Å²) in [5, 5.41) is 10.2. The third-order valence-corrected chi connectivity index (χ3v) is 2.42. The summed E-state index contributed by atoms with van der Waals surface area (Å²) in [6.07, 6.45) is 1.51. The average molecular weight is 219 g/mol. The van der Waals surface area contributed by atoms with E-state index in [1.54, 1.807) is 12.1 Å². The number of aromatic amines is 1. The number of H-pyrrole nitrogens is 1. The maximum absolute atomic E-state index is 11.3. The van der Waals surface area contributed by atoms with Crippen LogP contribution in [0.5, 0.6) is 5.75 Å². The van der Waals surface area contributed by atoms with Crippen LogP contribution in [0, 0.1) is 0 Å². The molecule has 0 saturated carbocycles. The molecule has 2 rings (SSSR count). The van der Waals surface area contributed by atoms with Gasteiger partial charge < -0.3 is 15.8 Å². The molecular formula is C11H13N3O2. The number of nitrogens with one attached hydrogen (secondary N) is 1. The number of phenolic OH excluding ortho intramolecular Hbond substituents is 1. The molecule has 0 fully saturated rings. The van der Waals surface area contributed by atoms with Crippen LogP contribution in [0.3, 0.4) is 0 Å². The zero-order chi connectivity index (χ0) is 11.5. The van der Waals surface area contributed by atoms with Gasteiger partial charge in [-0.2, -0.15) is 4.98 Å². The summed E-state index contributed by atoms with van der Waals surface area (Å²) in [7, 11) is 0. The molecule has 16 heavy (non-hydrogen) atoms. The molecule has 5 nitrogen and oxygen atoms in total. The Morgan fingerprint density at radius 1 is 1.44 bits per heavy atom. The van der Waals surface area contributed by atoms with E-state index in [1.807, 2.05) is 0 Å². The molecule has 0 spiro atoms. The molecule has 1 heterocycles. The highest BCUT2D eigenvalue weighted by Crippen LogP contribution is 2.19. The minimum Gasteiger partial charge on any atom is -0.508 e. The lowest BCUT2D eigenvalue weighted by molar-refractivity contribution is 0.476. The number of fused-ring (bicyclic) bond motifs is 1. The zero-order valence-electron chi connectivity index (χ0n) is 8.73. The number of benzene rings is 1. The Morgan fingerprint density at radius 3 is 3.00 bits per heavy atom. The van der Waals surface area contributed by atoms with Crippen molar-refractivity contribution in [2.24, 2.45) is 5.73 Å². The number of nitrogens with zero attached hydrogens (tertiary/aromatic N) is 1. The van der Waals surface area contributed by atoms with Gasteiger partial charge in [0.15, 0.2) is 0 Å². The summed E-state index contributed by atoms with van der Waals surface area (Å²) in [5.74, 6) is 0.107. The van der Waals surface area contributed by atoms with Crippen LogP contribution in [0.4, 0.5) is 0 Å². The topological polar surface area (TPSA) is 92.0 Å². The minimum atomic E-state index is -0.398. The Kier molecular flexibility index (Phi) is 2.87. The second-order valence-corrected chi connectivity index (χ2v) is 3.61. The second kappa shape index (κ2) is 4.32. The third kappa shape index (κ3) is 2.04. The Labute approximate surface area is 91.9 Å². The number of hydrogen-bond acceptors (Lipinski definition) is 4.